The third-order valence-corrected chi connectivity index (χ3v) is 3.41. The highest BCUT2D eigenvalue weighted by Gasteiger charge is 2.17. The van der Waals surface area contributed by atoms with Crippen molar-refractivity contribution in [3.05, 3.63) is 29.8 Å². The van der Waals surface area contributed by atoms with E-state index in [-0.39, 0.29) is 18.5 Å². The summed E-state index contributed by atoms with van der Waals surface area (Å²) in [5.41, 5.74) is 1.99. The number of aryl methyl sites for hydroxylation is 1. The minimum atomic E-state index is -0.395. The maximum absolute atomic E-state index is 11.7. The quantitative estimate of drug-likeness (QED) is 0.788. The summed E-state index contributed by atoms with van der Waals surface area (Å²) < 4.78 is 0. The number of nitrogens with one attached hydrogen (secondary N) is 3. The molecule has 1 aliphatic rings. The minimum Gasteiger partial charge on any atom is -0.376 e. The number of carbonyl (C=O) groups is 2. The molecule has 0 aromatic heterocycles. The van der Waals surface area contributed by atoms with Gasteiger partial charge in [-0.15, -0.1) is 0 Å². The van der Waals surface area contributed by atoms with Gasteiger partial charge in [0, 0.05) is 11.7 Å². The molecule has 2 rings (SSSR count). The SMILES string of the molecule is Cc1cccc(NCC(=O)NC(=O)NC2CCCC2)c1. The van der Waals surface area contributed by atoms with Gasteiger partial charge in [0.05, 0.1) is 6.54 Å². The Labute approximate surface area is 119 Å². The molecule has 1 aromatic rings. The van der Waals surface area contributed by atoms with E-state index in [2.05, 4.69) is 16.0 Å². The lowest BCUT2D eigenvalue weighted by Crippen LogP contribution is -2.45. The van der Waals surface area contributed by atoms with Crippen LogP contribution in [0.2, 0.25) is 0 Å². The van der Waals surface area contributed by atoms with Crippen molar-refractivity contribution in [1.82, 2.24) is 10.6 Å². The normalized spacial score (nSPS) is 14.8. The van der Waals surface area contributed by atoms with Crippen LogP contribution in [0.1, 0.15) is 31.2 Å². The second kappa shape index (κ2) is 6.93. The smallest absolute Gasteiger partial charge is 0.321 e. The molecule has 1 aliphatic carbocycles. The fraction of sp³-hybridized carbons (Fsp3) is 0.467. The summed E-state index contributed by atoms with van der Waals surface area (Å²) in [4.78, 5) is 23.3. The molecule has 5 heteroatoms. The number of urea groups is 1. The first-order valence-electron chi connectivity index (χ1n) is 7.04. The van der Waals surface area contributed by atoms with Gasteiger partial charge in [-0.25, -0.2) is 4.79 Å². The average molecular weight is 275 g/mol. The van der Waals surface area contributed by atoms with E-state index in [4.69, 9.17) is 0 Å². The summed E-state index contributed by atoms with van der Waals surface area (Å²) in [6.07, 6.45) is 4.30. The van der Waals surface area contributed by atoms with E-state index >= 15 is 0 Å². The van der Waals surface area contributed by atoms with Crippen LogP contribution in [0.3, 0.4) is 0 Å². The lowest BCUT2D eigenvalue weighted by atomic mass is 10.2. The monoisotopic (exact) mass is 275 g/mol. The van der Waals surface area contributed by atoms with E-state index in [0.29, 0.717) is 0 Å². The Kier molecular flexibility index (Phi) is 4.98. The van der Waals surface area contributed by atoms with Crippen molar-refractivity contribution in [3.63, 3.8) is 0 Å². The second-order valence-electron chi connectivity index (χ2n) is 5.23. The summed E-state index contributed by atoms with van der Waals surface area (Å²) in [5.74, 6) is -0.331. The molecule has 0 atom stereocenters. The Hall–Kier alpha value is -2.04. The van der Waals surface area contributed by atoms with Crippen molar-refractivity contribution in [2.24, 2.45) is 0 Å². The van der Waals surface area contributed by atoms with E-state index < -0.39 is 6.03 Å². The summed E-state index contributed by atoms with van der Waals surface area (Å²) in [6, 6.07) is 7.56. The number of anilines is 1. The zero-order valence-corrected chi connectivity index (χ0v) is 11.7. The van der Waals surface area contributed by atoms with E-state index in [9.17, 15) is 9.59 Å². The van der Waals surface area contributed by atoms with Crippen LogP contribution in [-0.2, 0) is 4.79 Å². The number of hydrogen-bond acceptors (Lipinski definition) is 3. The molecule has 108 valence electrons. The maximum Gasteiger partial charge on any atom is 0.321 e. The second-order valence-corrected chi connectivity index (χ2v) is 5.23. The average Bonchev–Trinajstić information content (AvgIpc) is 2.89. The maximum atomic E-state index is 11.7. The zero-order valence-electron chi connectivity index (χ0n) is 11.7. The minimum absolute atomic E-state index is 0.0849. The molecule has 1 saturated carbocycles. The van der Waals surface area contributed by atoms with Crippen LogP contribution < -0.4 is 16.0 Å². The van der Waals surface area contributed by atoms with Gasteiger partial charge in [0.1, 0.15) is 0 Å². The molecule has 1 aromatic carbocycles. The molecule has 20 heavy (non-hydrogen) atoms. The summed E-state index contributed by atoms with van der Waals surface area (Å²) in [7, 11) is 0. The Morgan fingerprint density at radius 3 is 2.70 bits per heavy atom. The molecule has 0 bridgehead atoms. The largest absolute Gasteiger partial charge is 0.376 e. The molecule has 0 saturated heterocycles. The van der Waals surface area contributed by atoms with Gasteiger partial charge < -0.3 is 10.6 Å². The molecule has 3 N–H and O–H groups in total. The molecular formula is C15H21N3O2. The molecule has 0 heterocycles. The predicted octanol–water partition coefficient (Wildman–Crippen LogP) is 2.18. The van der Waals surface area contributed by atoms with Gasteiger partial charge >= 0.3 is 6.03 Å². The van der Waals surface area contributed by atoms with E-state index in [1.807, 2.05) is 31.2 Å². The van der Waals surface area contributed by atoms with Gasteiger partial charge in [-0.3, -0.25) is 10.1 Å². The summed E-state index contributed by atoms with van der Waals surface area (Å²) in [5, 5.41) is 8.15. The standard InChI is InChI=1S/C15H21N3O2/c1-11-5-4-8-13(9-11)16-10-14(19)18-15(20)17-12-6-2-3-7-12/h4-5,8-9,12,16H,2-3,6-7,10H2,1H3,(H2,17,18,19,20). The number of rotatable bonds is 4. The van der Waals surface area contributed by atoms with Crippen LogP contribution in [0.4, 0.5) is 10.5 Å². The Bertz CT molecular complexity index is 482. The summed E-state index contributed by atoms with van der Waals surface area (Å²) in [6.45, 7) is 2.07. The predicted molar refractivity (Wildman–Crippen MR) is 78.6 cm³/mol. The van der Waals surface area contributed by atoms with Gasteiger partial charge in [-0.05, 0) is 37.5 Å². The highest BCUT2D eigenvalue weighted by molar-refractivity contribution is 5.96. The van der Waals surface area contributed by atoms with Crippen molar-refractivity contribution in [2.75, 3.05) is 11.9 Å². The van der Waals surface area contributed by atoms with E-state index in [1.54, 1.807) is 0 Å². The van der Waals surface area contributed by atoms with Gasteiger partial charge in [0.2, 0.25) is 5.91 Å². The number of amides is 3. The Morgan fingerprint density at radius 1 is 1.25 bits per heavy atom. The highest BCUT2D eigenvalue weighted by Crippen LogP contribution is 2.17. The number of benzene rings is 1. The Balaban J connectivity index is 1.70. The van der Waals surface area contributed by atoms with E-state index in [0.717, 1.165) is 36.9 Å². The summed E-state index contributed by atoms with van der Waals surface area (Å²) >= 11 is 0. The van der Waals surface area contributed by atoms with Gasteiger partial charge in [0.15, 0.2) is 0 Å². The first-order chi connectivity index (χ1) is 9.63. The fourth-order valence-electron chi connectivity index (χ4n) is 2.40. The lowest BCUT2D eigenvalue weighted by Gasteiger charge is -2.12. The van der Waals surface area contributed by atoms with Gasteiger partial charge in [0.25, 0.3) is 0 Å². The third kappa shape index (κ3) is 4.57. The van der Waals surface area contributed by atoms with Crippen molar-refractivity contribution in [2.45, 2.75) is 38.6 Å². The number of imide groups is 1. The van der Waals surface area contributed by atoms with Gasteiger partial charge in [-0.1, -0.05) is 25.0 Å². The number of hydrogen-bond donors (Lipinski definition) is 3. The Morgan fingerprint density at radius 2 is 2.00 bits per heavy atom. The molecule has 1 fully saturated rings. The molecule has 0 aliphatic heterocycles. The van der Waals surface area contributed by atoms with Crippen LogP contribution in [0, 0.1) is 6.92 Å². The lowest BCUT2D eigenvalue weighted by molar-refractivity contribution is -0.118. The molecule has 3 amide bonds. The van der Waals surface area contributed by atoms with E-state index in [1.165, 1.54) is 0 Å². The van der Waals surface area contributed by atoms with Crippen LogP contribution >= 0.6 is 0 Å². The molecular weight excluding hydrogens is 254 g/mol. The van der Waals surface area contributed by atoms with Crippen molar-refractivity contribution < 1.29 is 9.59 Å². The molecule has 0 unspecified atom stereocenters. The molecule has 5 nitrogen and oxygen atoms in total. The zero-order chi connectivity index (χ0) is 14.4. The first-order valence-corrected chi connectivity index (χ1v) is 7.04. The van der Waals surface area contributed by atoms with Crippen molar-refractivity contribution in [3.8, 4) is 0 Å². The van der Waals surface area contributed by atoms with Crippen LogP contribution in [0.15, 0.2) is 24.3 Å². The van der Waals surface area contributed by atoms with Crippen LogP contribution in [0.25, 0.3) is 0 Å². The molecule has 0 spiro atoms. The first kappa shape index (κ1) is 14.4. The van der Waals surface area contributed by atoms with Crippen LogP contribution in [0.5, 0.6) is 0 Å². The van der Waals surface area contributed by atoms with Crippen LogP contribution in [-0.4, -0.2) is 24.5 Å². The third-order valence-electron chi connectivity index (χ3n) is 3.41. The topological polar surface area (TPSA) is 70.2 Å². The fourth-order valence-corrected chi connectivity index (χ4v) is 2.40. The molecule has 0 radical (unpaired) electrons. The highest BCUT2D eigenvalue weighted by atomic mass is 16.2. The van der Waals surface area contributed by atoms with Gasteiger partial charge in [-0.2, -0.15) is 0 Å². The number of carbonyl (C=O) groups excluding carboxylic acids is 2. The van der Waals surface area contributed by atoms with Crippen molar-refractivity contribution >= 4 is 17.6 Å². The van der Waals surface area contributed by atoms with Crippen molar-refractivity contribution in [1.29, 1.82) is 0 Å².